The number of ketones is 1. The van der Waals surface area contributed by atoms with Gasteiger partial charge in [-0.3, -0.25) is 19.3 Å². The number of amides is 1. The van der Waals surface area contributed by atoms with Crippen LogP contribution in [0.15, 0.2) is 22.9 Å². The molecule has 2 heterocycles. The maximum atomic E-state index is 12.0. The number of ether oxygens (including phenoxy) is 1. The second-order valence-corrected chi connectivity index (χ2v) is 5.64. The Labute approximate surface area is 124 Å². The van der Waals surface area contributed by atoms with E-state index in [-0.39, 0.29) is 29.4 Å². The van der Waals surface area contributed by atoms with E-state index in [0.29, 0.717) is 5.57 Å². The van der Waals surface area contributed by atoms with Crippen molar-refractivity contribution in [2.45, 2.75) is 19.2 Å². The van der Waals surface area contributed by atoms with Gasteiger partial charge in [-0.25, -0.2) is 0 Å². The van der Waals surface area contributed by atoms with Gasteiger partial charge in [0.2, 0.25) is 0 Å². The standard InChI is InChI=1S/C13H13NO6S/c1-6(15)3-9-11(17)14-10(13(18)19)8(4-20-7(2)16)5-21-12(9)14/h3,12H,4-5H2,1-2H3,(H,18,19)/p-1/b9-3-/t12-/m1/s1. The first-order valence-corrected chi connectivity index (χ1v) is 7.12. The molecule has 2 aliphatic heterocycles. The number of carboxylic acids is 1. The van der Waals surface area contributed by atoms with Crippen LogP contribution in [0.3, 0.4) is 0 Å². The van der Waals surface area contributed by atoms with Crippen molar-refractivity contribution in [2.75, 3.05) is 12.4 Å². The van der Waals surface area contributed by atoms with Gasteiger partial charge in [0, 0.05) is 18.2 Å². The van der Waals surface area contributed by atoms with Crippen LogP contribution in [0.1, 0.15) is 13.8 Å². The van der Waals surface area contributed by atoms with Crippen LogP contribution < -0.4 is 5.11 Å². The number of β-lactam (4-membered cyclic amide) rings is 1. The van der Waals surface area contributed by atoms with E-state index < -0.39 is 23.2 Å². The summed E-state index contributed by atoms with van der Waals surface area (Å²) in [6, 6.07) is 0. The van der Waals surface area contributed by atoms with Crippen molar-refractivity contribution in [1.82, 2.24) is 4.90 Å². The van der Waals surface area contributed by atoms with Crippen molar-refractivity contribution in [3.05, 3.63) is 22.9 Å². The van der Waals surface area contributed by atoms with E-state index in [2.05, 4.69) is 0 Å². The first kappa shape index (κ1) is 15.3. The predicted octanol–water partition coefficient (Wildman–Crippen LogP) is -1.02. The molecule has 0 saturated carbocycles. The molecule has 2 aliphatic rings. The van der Waals surface area contributed by atoms with Crippen LogP contribution >= 0.6 is 11.8 Å². The van der Waals surface area contributed by atoms with Crippen LogP contribution in [0.4, 0.5) is 0 Å². The predicted molar refractivity (Wildman–Crippen MR) is 70.5 cm³/mol. The minimum atomic E-state index is -1.50. The van der Waals surface area contributed by atoms with E-state index in [9.17, 15) is 24.3 Å². The molecule has 2 rings (SSSR count). The Bertz CT molecular complexity index is 606. The molecule has 0 aromatic heterocycles. The summed E-state index contributed by atoms with van der Waals surface area (Å²) in [5, 5.41) is 10.8. The molecule has 1 fully saturated rings. The van der Waals surface area contributed by atoms with Gasteiger partial charge in [0.25, 0.3) is 5.91 Å². The highest BCUT2D eigenvalue weighted by molar-refractivity contribution is 8.00. The summed E-state index contributed by atoms with van der Waals surface area (Å²) in [5.74, 6) is -2.58. The second-order valence-electron chi connectivity index (χ2n) is 4.57. The molecule has 0 aromatic carbocycles. The number of nitrogens with zero attached hydrogens (tertiary/aromatic N) is 1. The Kier molecular flexibility index (Phi) is 4.17. The molecule has 0 aromatic rings. The minimum Gasteiger partial charge on any atom is -0.543 e. The summed E-state index contributed by atoms with van der Waals surface area (Å²) in [6.45, 7) is 2.33. The van der Waals surface area contributed by atoms with Crippen LogP contribution in [0.25, 0.3) is 0 Å². The first-order chi connectivity index (χ1) is 9.82. The van der Waals surface area contributed by atoms with Crippen molar-refractivity contribution in [3.63, 3.8) is 0 Å². The SMILES string of the molecule is CC(=O)/C=C1/C(=O)N2C(C(=O)[O-])=C(COC(C)=O)CS[C@H]12. The van der Waals surface area contributed by atoms with Gasteiger partial charge in [0.15, 0.2) is 5.78 Å². The summed E-state index contributed by atoms with van der Waals surface area (Å²) in [6.07, 6.45) is 1.21. The summed E-state index contributed by atoms with van der Waals surface area (Å²) in [4.78, 5) is 46.2. The summed E-state index contributed by atoms with van der Waals surface area (Å²) >= 11 is 1.29. The molecule has 0 unspecified atom stereocenters. The highest BCUT2D eigenvalue weighted by atomic mass is 32.2. The second kappa shape index (κ2) is 5.72. The van der Waals surface area contributed by atoms with Crippen molar-refractivity contribution in [2.24, 2.45) is 0 Å². The molecular formula is C13H12NO6S-. The molecule has 21 heavy (non-hydrogen) atoms. The number of fused-ring (bicyclic) bond motifs is 1. The molecule has 1 amide bonds. The number of rotatable bonds is 4. The van der Waals surface area contributed by atoms with Crippen LogP contribution in [0.5, 0.6) is 0 Å². The molecule has 112 valence electrons. The van der Waals surface area contributed by atoms with Gasteiger partial charge >= 0.3 is 5.97 Å². The number of hydrogen-bond donors (Lipinski definition) is 0. The smallest absolute Gasteiger partial charge is 0.302 e. The van der Waals surface area contributed by atoms with E-state index in [1.807, 2.05) is 0 Å². The lowest BCUT2D eigenvalue weighted by molar-refractivity contribution is -0.301. The van der Waals surface area contributed by atoms with Crippen LogP contribution in [0.2, 0.25) is 0 Å². The zero-order chi connectivity index (χ0) is 15.7. The number of carbonyl (C=O) groups is 4. The summed E-state index contributed by atoms with van der Waals surface area (Å²) in [5.41, 5.74) is 0.310. The van der Waals surface area contributed by atoms with E-state index in [1.54, 1.807) is 0 Å². The van der Waals surface area contributed by atoms with E-state index in [0.717, 1.165) is 4.90 Å². The lowest BCUT2D eigenvalue weighted by Crippen LogP contribution is -2.58. The lowest BCUT2D eigenvalue weighted by atomic mass is 10.0. The van der Waals surface area contributed by atoms with E-state index in [1.165, 1.54) is 31.7 Å². The Morgan fingerprint density at radius 3 is 2.62 bits per heavy atom. The average molecular weight is 310 g/mol. The number of carbonyl (C=O) groups excluding carboxylic acids is 4. The van der Waals surface area contributed by atoms with Crippen molar-refractivity contribution >= 4 is 35.4 Å². The molecule has 0 N–H and O–H groups in total. The van der Waals surface area contributed by atoms with Gasteiger partial charge in [-0.2, -0.15) is 0 Å². The van der Waals surface area contributed by atoms with E-state index in [4.69, 9.17) is 4.74 Å². The maximum Gasteiger partial charge on any atom is 0.302 e. The Morgan fingerprint density at radius 2 is 2.10 bits per heavy atom. The molecule has 0 aliphatic carbocycles. The van der Waals surface area contributed by atoms with Crippen LogP contribution in [-0.2, 0) is 23.9 Å². The largest absolute Gasteiger partial charge is 0.543 e. The molecule has 1 saturated heterocycles. The molecule has 7 nitrogen and oxygen atoms in total. The fourth-order valence-electron chi connectivity index (χ4n) is 2.12. The highest BCUT2D eigenvalue weighted by Gasteiger charge is 2.48. The third-order valence-electron chi connectivity index (χ3n) is 2.96. The molecule has 0 spiro atoms. The van der Waals surface area contributed by atoms with Gasteiger partial charge < -0.3 is 14.6 Å². The Morgan fingerprint density at radius 1 is 1.43 bits per heavy atom. The van der Waals surface area contributed by atoms with Gasteiger partial charge in [-0.15, -0.1) is 11.8 Å². The summed E-state index contributed by atoms with van der Waals surface area (Å²) in [7, 11) is 0. The van der Waals surface area contributed by atoms with Gasteiger partial charge in [0.05, 0.1) is 17.2 Å². The third-order valence-corrected chi connectivity index (χ3v) is 4.25. The summed E-state index contributed by atoms with van der Waals surface area (Å²) < 4.78 is 4.79. The Balaban J connectivity index is 2.30. The number of hydrogen-bond acceptors (Lipinski definition) is 7. The number of aliphatic carboxylic acids is 1. The van der Waals surface area contributed by atoms with Crippen molar-refractivity contribution in [1.29, 1.82) is 0 Å². The maximum absolute atomic E-state index is 12.0. The third kappa shape index (κ3) is 2.85. The quantitative estimate of drug-likeness (QED) is 0.372. The normalized spacial score (nSPS) is 22.8. The monoisotopic (exact) mass is 310 g/mol. The number of esters is 1. The average Bonchev–Trinajstić information content (AvgIpc) is 2.40. The van der Waals surface area contributed by atoms with Crippen LogP contribution in [0, 0.1) is 0 Å². The zero-order valence-electron chi connectivity index (χ0n) is 11.4. The van der Waals surface area contributed by atoms with E-state index >= 15 is 0 Å². The van der Waals surface area contributed by atoms with Gasteiger partial charge in [-0.1, -0.05) is 0 Å². The zero-order valence-corrected chi connectivity index (χ0v) is 12.2. The fourth-order valence-corrected chi connectivity index (χ4v) is 3.40. The molecular weight excluding hydrogens is 298 g/mol. The topological polar surface area (TPSA) is 104 Å². The number of thioether (sulfide) groups is 1. The van der Waals surface area contributed by atoms with Crippen LogP contribution in [-0.4, -0.2) is 46.3 Å². The number of allylic oxidation sites excluding steroid dienone is 1. The molecule has 0 radical (unpaired) electrons. The molecule has 0 bridgehead atoms. The lowest BCUT2D eigenvalue weighted by Gasteiger charge is -2.47. The van der Waals surface area contributed by atoms with Crippen molar-refractivity contribution < 1.29 is 29.0 Å². The van der Waals surface area contributed by atoms with Gasteiger partial charge in [-0.05, 0) is 13.0 Å². The first-order valence-electron chi connectivity index (χ1n) is 6.07. The van der Waals surface area contributed by atoms with Gasteiger partial charge in [0.1, 0.15) is 12.0 Å². The number of carboxylic acid groups (broad SMARTS) is 1. The fraction of sp³-hybridized carbons (Fsp3) is 0.385. The minimum absolute atomic E-state index is 0.200. The highest BCUT2D eigenvalue weighted by Crippen LogP contribution is 2.43. The Hall–Kier alpha value is -2.09. The molecule has 1 atom stereocenters. The van der Waals surface area contributed by atoms with Crippen molar-refractivity contribution in [3.8, 4) is 0 Å². The molecule has 8 heteroatoms.